The van der Waals surface area contributed by atoms with Crippen LogP contribution in [0.15, 0.2) is 23.1 Å². The molecule has 0 bridgehead atoms. The first-order valence-corrected chi connectivity index (χ1v) is 8.65. The SMILES string of the molecule is Cc1ccc(S(=O)(=O)N2CC3CNCC3C2C)c(C)c1. The van der Waals surface area contributed by atoms with Crippen LogP contribution in [0.25, 0.3) is 0 Å². The van der Waals surface area contributed by atoms with Crippen LogP contribution in [0.5, 0.6) is 0 Å². The lowest BCUT2D eigenvalue weighted by Crippen LogP contribution is -2.38. The molecule has 0 spiro atoms. The van der Waals surface area contributed by atoms with Gasteiger partial charge in [0.05, 0.1) is 4.90 Å². The first kappa shape index (κ1) is 14.0. The normalized spacial score (nSPS) is 30.6. The zero-order chi connectivity index (χ0) is 14.5. The van der Waals surface area contributed by atoms with Crippen molar-refractivity contribution in [2.24, 2.45) is 11.8 Å². The van der Waals surface area contributed by atoms with Crippen molar-refractivity contribution in [2.75, 3.05) is 19.6 Å². The van der Waals surface area contributed by atoms with E-state index < -0.39 is 10.0 Å². The number of nitrogens with zero attached hydrogens (tertiary/aromatic N) is 1. The van der Waals surface area contributed by atoms with E-state index in [1.54, 1.807) is 10.4 Å². The third-order valence-corrected chi connectivity index (χ3v) is 6.91. The largest absolute Gasteiger partial charge is 0.316 e. The first-order valence-electron chi connectivity index (χ1n) is 7.21. The Morgan fingerprint density at radius 3 is 2.65 bits per heavy atom. The molecular formula is C15H22N2O2S. The van der Waals surface area contributed by atoms with Crippen LogP contribution in [0.4, 0.5) is 0 Å². The molecule has 3 atom stereocenters. The van der Waals surface area contributed by atoms with Gasteiger partial charge < -0.3 is 5.32 Å². The summed E-state index contributed by atoms with van der Waals surface area (Å²) < 4.78 is 27.5. The van der Waals surface area contributed by atoms with E-state index in [0.717, 1.165) is 24.2 Å². The first-order chi connectivity index (χ1) is 9.41. The molecule has 0 aliphatic carbocycles. The molecule has 2 heterocycles. The topological polar surface area (TPSA) is 49.4 Å². The van der Waals surface area contributed by atoms with Crippen LogP contribution in [-0.4, -0.2) is 38.4 Å². The molecule has 4 nitrogen and oxygen atoms in total. The van der Waals surface area contributed by atoms with Crippen molar-refractivity contribution in [1.29, 1.82) is 0 Å². The van der Waals surface area contributed by atoms with Crippen molar-refractivity contribution in [3.63, 3.8) is 0 Å². The molecule has 3 unspecified atom stereocenters. The fraction of sp³-hybridized carbons (Fsp3) is 0.600. The van der Waals surface area contributed by atoms with Gasteiger partial charge in [-0.1, -0.05) is 17.7 Å². The van der Waals surface area contributed by atoms with Crippen molar-refractivity contribution in [2.45, 2.75) is 31.7 Å². The van der Waals surface area contributed by atoms with E-state index in [4.69, 9.17) is 0 Å². The zero-order valence-corrected chi connectivity index (χ0v) is 13.1. The maximum Gasteiger partial charge on any atom is 0.243 e. The van der Waals surface area contributed by atoms with Crippen LogP contribution >= 0.6 is 0 Å². The van der Waals surface area contributed by atoms with Gasteiger partial charge in [-0.2, -0.15) is 4.31 Å². The molecule has 0 aromatic heterocycles. The second kappa shape index (κ2) is 4.83. The summed E-state index contributed by atoms with van der Waals surface area (Å²) >= 11 is 0. The summed E-state index contributed by atoms with van der Waals surface area (Å²) in [5.74, 6) is 0.918. The smallest absolute Gasteiger partial charge is 0.243 e. The maximum atomic E-state index is 12.9. The van der Waals surface area contributed by atoms with Gasteiger partial charge in [0.15, 0.2) is 0 Å². The van der Waals surface area contributed by atoms with Crippen LogP contribution in [-0.2, 0) is 10.0 Å². The van der Waals surface area contributed by atoms with Gasteiger partial charge in [-0.05, 0) is 57.3 Å². The number of hydrogen-bond acceptors (Lipinski definition) is 3. The second-order valence-electron chi connectivity index (χ2n) is 6.17. The summed E-state index contributed by atoms with van der Waals surface area (Å²) in [5.41, 5.74) is 1.93. The van der Waals surface area contributed by atoms with E-state index in [1.807, 2.05) is 32.9 Å². The summed E-state index contributed by atoms with van der Waals surface area (Å²) in [6.07, 6.45) is 0. The Morgan fingerprint density at radius 1 is 1.25 bits per heavy atom. The minimum Gasteiger partial charge on any atom is -0.316 e. The molecule has 5 heteroatoms. The van der Waals surface area contributed by atoms with Gasteiger partial charge in [0.1, 0.15) is 0 Å². The average molecular weight is 294 g/mol. The average Bonchev–Trinajstić information content (AvgIpc) is 2.92. The number of rotatable bonds is 2. The van der Waals surface area contributed by atoms with Crippen molar-refractivity contribution >= 4 is 10.0 Å². The van der Waals surface area contributed by atoms with Gasteiger partial charge in [-0.15, -0.1) is 0 Å². The van der Waals surface area contributed by atoms with Crippen molar-refractivity contribution in [3.8, 4) is 0 Å². The highest BCUT2D eigenvalue weighted by atomic mass is 32.2. The van der Waals surface area contributed by atoms with Gasteiger partial charge in [0.2, 0.25) is 10.0 Å². The molecule has 2 aliphatic rings. The highest BCUT2D eigenvalue weighted by Crippen LogP contribution is 2.36. The molecule has 2 saturated heterocycles. The molecule has 0 saturated carbocycles. The lowest BCUT2D eigenvalue weighted by Gasteiger charge is -2.24. The molecular weight excluding hydrogens is 272 g/mol. The molecule has 0 radical (unpaired) electrons. The molecule has 110 valence electrons. The highest BCUT2D eigenvalue weighted by Gasteiger charge is 2.47. The maximum absolute atomic E-state index is 12.9. The standard InChI is InChI=1S/C15H22N2O2S/c1-10-4-5-15(11(2)6-10)20(18,19)17-9-13-7-16-8-14(13)12(17)3/h4-6,12-14,16H,7-9H2,1-3H3. The van der Waals surface area contributed by atoms with Crippen LogP contribution < -0.4 is 5.32 Å². The Balaban J connectivity index is 1.96. The Bertz CT molecular complexity index is 627. The third-order valence-electron chi connectivity index (χ3n) is 4.80. The van der Waals surface area contributed by atoms with E-state index in [0.29, 0.717) is 23.3 Å². The summed E-state index contributed by atoms with van der Waals surface area (Å²) in [6, 6.07) is 5.65. The van der Waals surface area contributed by atoms with E-state index in [2.05, 4.69) is 5.32 Å². The zero-order valence-electron chi connectivity index (χ0n) is 12.3. The van der Waals surface area contributed by atoms with Gasteiger partial charge in [0.25, 0.3) is 0 Å². The minimum atomic E-state index is -3.37. The number of sulfonamides is 1. The summed E-state index contributed by atoms with van der Waals surface area (Å²) in [5, 5.41) is 3.36. The summed E-state index contributed by atoms with van der Waals surface area (Å²) in [7, 11) is -3.37. The van der Waals surface area contributed by atoms with Crippen molar-refractivity contribution in [1.82, 2.24) is 9.62 Å². The molecule has 20 heavy (non-hydrogen) atoms. The number of fused-ring (bicyclic) bond motifs is 1. The van der Waals surface area contributed by atoms with E-state index in [1.165, 1.54) is 0 Å². The van der Waals surface area contributed by atoms with Gasteiger partial charge in [-0.3, -0.25) is 0 Å². The van der Waals surface area contributed by atoms with Crippen LogP contribution in [0, 0.1) is 25.7 Å². The molecule has 1 aromatic carbocycles. The van der Waals surface area contributed by atoms with E-state index in [-0.39, 0.29) is 6.04 Å². The Kier molecular flexibility index (Phi) is 3.39. The van der Waals surface area contributed by atoms with Crippen molar-refractivity contribution in [3.05, 3.63) is 29.3 Å². The summed E-state index contributed by atoms with van der Waals surface area (Å²) in [6.45, 7) is 8.42. The second-order valence-corrected chi connectivity index (χ2v) is 8.03. The predicted octanol–water partition coefficient (Wildman–Crippen LogP) is 1.53. The number of benzene rings is 1. The lowest BCUT2D eigenvalue weighted by atomic mass is 9.95. The van der Waals surface area contributed by atoms with E-state index >= 15 is 0 Å². The van der Waals surface area contributed by atoms with Gasteiger partial charge in [0, 0.05) is 12.6 Å². The van der Waals surface area contributed by atoms with Crippen LogP contribution in [0.3, 0.4) is 0 Å². The fourth-order valence-electron chi connectivity index (χ4n) is 3.66. The number of hydrogen-bond donors (Lipinski definition) is 1. The summed E-state index contributed by atoms with van der Waals surface area (Å²) in [4.78, 5) is 0.461. The number of nitrogens with one attached hydrogen (secondary N) is 1. The van der Waals surface area contributed by atoms with E-state index in [9.17, 15) is 8.42 Å². The van der Waals surface area contributed by atoms with Gasteiger partial charge >= 0.3 is 0 Å². The predicted molar refractivity (Wildman–Crippen MR) is 79.1 cm³/mol. The van der Waals surface area contributed by atoms with Crippen LogP contribution in [0.2, 0.25) is 0 Å². The monoisotopic (exact) mass is 294 g/mol. The third kappa shape index (κ3) is 2.08. The molecule has 2 aliphatic heterocycles. The Morgan fingerprint density at radius 2 is 2.00 bits per heavy atom. The number of aryl methyl sites for hydroxylation is 2. The molecule has 2 fully saturated rings. The molecule has 0 amide bonds. The quantitative estimate of drug-likeness (QED) is 0.900. The molecule has 3 rings (SSSR count). The fourth-order valence-corrected chi connectivity index (χ4v) is 5.60. The van der Waals surface area contributed by atoms with Crippen molar-refractivity contribution < 1.29 is 8.42 Å². The lowest BCUT2D eigenvalue weighted by molar-refractivity contribution is 0.360. The Hall–Kier alpha value is -0.910. The Labute approximate surface area is 121 Å². The van der Waals surface area contributed by atoms with Crippen LogP contribution in [0.1, 0.15) is 18.1 Å². The van der Waals surface area contributed by atoms with Gasteiger partial charge in [-0.25, -0.2) is 8.42 Å². The molecule has 1 aromatic rings. The minimum absolute atomic E-state index is 0.0840. The highest BCUT2D eigenvalue weighted by molar-refractivity contribution is 7.89. The molecule has 1 N–H and O–H groups in total.